The number of hydrogen-bond acceptors (Lipinski definition) is 4. The molecule has 2 aromatic rings. The Labute approximate surface area is 205 Å². The van der Waals surface area contributed by atoms with Crippen molar-refractivity contribution in [2.24, 2.45) is 23.7 Å². The largest absolute Gasteiger partial charge is 0.481 e. The van der Waals surface area contributed by atoms with Crippen molar-refractivity contribution in [3.8, 4) is 11.1 Å². The molecular formula is C28H32N2O5. The van der Waals surface area contributed by atoms with Gasteiger partial charge in [-0.2, -0.15) is 0 Å². The van der Waals surface area contributed by atoms with Crippen molar-refractivity contribution in [3.05, 3.63) is 59.7 Å². The van der Waals surface area contributed by atoms with Gasteiger partial charge in [-0.3, -0.25) is 9.59 Å². The summed E-state index contributed by atoms with van der Waals surface area (Å²) in [5, 5.41) is 15.0. The van der Waals surface area contributed by atoms with E-state index in [-0.39, 0.29) is 36.2 Å². The number of fused-ring (bicyclic) bond motifs is 3. The van der Waals surface area contributed by atoms with Crippen LogP contribution in [-0.2, 0) is 14.3 Å². The molecule has 3 N–H and O–H groups in total. The highest BCUT2D eigenvalue weighted by molar-refractivity contribution is 5.82. The van der Waals surface area contributed by atoms with Crippen LogP contribution in [-0.4, -0.2) is 42.8 Å². The molecule has 0 saturated heterocycles. The van der Waals surface area contributed by atoms with Gasteiger partial charge in [-0.05, 0) is 66.2 Å². The fourth-order valence-electron chi connectivity index (χ4n) is 5.65. The number of carboxylic acid groups (broad SMARTS) is 1. The van der Waals surface area contributed by atoms with Crippen LogP contribution in [0.2, 0.25) is 0 Å². The maximum absolute atomic E-state index is 12.5. The number of ether oxygens (including phenoxy) is 1. The fraction of sp³-hybridized carbons (Fsp3) is 0.464. The first-order chi connectivity index (χ1) is 17.0. The van der Waals surface area contributed by atoms with Gasteiger partial charge in [0.2, 0.25) is 5.91 Å². The smallest absolute Gasteiger partial charge is 0.407 e. The molecule has 0 spiro atoms. The Hall–Kier alpha value is -3.35. The third kappa shape index (κ3) is 5.19. The van der Waals surface area contributed by atoms with Gasteiger partial charge in [-0.25, -0.2) is 4.79 Å². The van der Waals surface area contributed by atoms with Crippen LogP contribution in [0, 0.1) is 23.7 Å². The van der Waals surface area contributed by atoms with Crippen LogP contribution in [0.1, 0.15) is 49.1 Å². The molecule has 3 aliphatic rings. The van der Waals surface area contributed by atoms with E-state index in [2.05, 4.69) is 34.9 Å². The lowest BCUT2D eigenvalue weighted by atomic mass is 9.82. The zero-order valence-corrected chi connectivity index (χ0v) is 19.7. The van der Waals surface area contributed by atoms with Crippen molar-refractivity contribution in [1.82, 2.24) is 10.6 Å². The van der Waals surface area contributed by atoms with E-state index in [1.807, 2.05) is 24.3 Å². The summed E-state index contributed by atoms with van der Waals surface area (Å²) in [6.45, 7) is 1.31. The van der Waals surface area contributed by atoms with Crippen LogP contribution in [0.3, 0.4) is 0 Å². The van der Waals surface area contributed by atoms with Crippen LogP contribution in [0.5, 0.6) is 0 Å². The number of alkyl carbamates (subject to hydrolysis) is 1. The summed E-state index contributed by atoms with van der Waals surface area (Å²) in [7, 11) is 0. The molecule has 2 fully saturated rings. The minimum atomic E-state index is -0.711. The number of nitrogens with one attached hydrogen (secondary N) is 2. The van der Waals surface area contributed by atoms with Crippen molar-refractivity contribution in [3.63, 3.8) is 0 Å². The summed E-state index contributed by atoms with van der Waals surface area (Å²) in [4.78, 5) is 35.9. The summed E-state index contributed by atoms with van der Waals surface area (Å²) in [6.07, 6.45) is 3.37. The van der Waals surface area contributed by atoms with Gasteiger partial charge in [0.05, 0.1) is 5.92 Å². The molecule has 0 heterocycles. The van der Waals surface area contributed by atoms with Crippen LogP contribution >= 0.6 is 0 Å². The van der Waals surface area contributed by atoms with Crippen molar-refractivity contribution in [1.29, 1.82) is 0 Å². The van der Waals surface area contributed by atoms with Crippen molar-refractivity contribution >= 4 is 18.0 Å². The van der Waals surface area contributed by atoms with E-state index < -0.39 is 12.1 Å². The van der Waals surface area contributed by atoms with Crippen LogP contribution in [0.15, 0.2) is 48.5 Å². The lowest BCUT2D eigenvalue weighted by Crippen LogP contribution is -2.34. The Morgan fingerprint density at radius 2 is 1.49 bits per heavy atom. The van der Waals surface area contributed by atoms with Gasteiger partial charge in [0.1, 0.15) is 6.61 Å². The molecule has 0 aromatic heterocycles. The third-order valence-corrected chi connectivity index (χ3v) is 7.87. The number of carbonyl (C=O) groups is 3. The molecule has 0 unspecified atom stereocenters. The Morgan fingerprint density at radius 1 is 0.857 bits per heavy atom. The molecule has 2 aromatic carbocycles. The van der Waals surface area contributed by atoms with E-state index >= 15 is 0 Å². The zero-order valence-electron chi connectivity index (χ0n) is 19.7. The van der Waals surface area contributed by atoms with Gasteiger partial charge in [0, 0.05) is 24.9 Å². The number of aliphatic carboxylic acids is 1. The summed E-state index contributed by atoms with van der Waals surface area (Å²) >= 11 is 0. The van der Waals surface area contributed by atoms with E-state index in [1.54, 1.807) is 0 Å². The van der Waals surface area contributed by atoms with Gasteiger partial charge < -0.3 is 20.5 Å². The number of amides is 2. The van der Waals surface area contributed by atoms with Crippen LogP contribution < -0.4 is 10.6 Å². The lowest BCUT2D eigenvalue weighted by Gasteiger charge is -2.26. The quantitative estimate of drug-likeness (QED) is 0.531. The average molecular weight is 477 g/mol. The molecule has 7 heteroatoms. The van der Waals surface area contributed by atoms with E-state index in [1.165, 1.54) is 22.3 Å². The number of hydrogen-bond donors (Lipinski definition) is 3. The molecule has 0 radical (unpaired) electrons. The first kappa shape index (κ1) is 23.4. The van der Waals surface area contributed by atoms with Gasteiger partial charge in [-0.1, -0.05) is 48.5 Å². The van der Waals surface area contributed by atoms with Gasteiger partial charge in [0.25, 0.3) is 0 Å². The predicted molar refractivity (Wildman–Crippen MR) is 131 cm³/mol. The second-order valence-electron chi connectivity index (χ2n) is 10.1. The molecule has 2 atom stereocenters. The maximum atomic E-state index is 12.5. The second kappa shape index (κ2) is 10.1. The number of carbonyl (C=O) groups excluding carboxylic acids is 2. The van der Waals surface area contributed by atoms with Crippen LogP contribution in [0.25, 0.3) is 11.1 Å². The Kier molecular flexibility index (Phi) is 6.75. The lowest BCUT2D eigenvalue weighted by molar-refractivity contribution is -0.143. The van der Waals surface area contributed by atoms with Crippen LogP contribution in [0.4, 0.5) is 4.79 Å². The Morgan fingerprint density at radius 3 is 2.11 bits per heavy atom. The van der Waals surface area contributed by atoms with Crippen molar-refractivity contribution in [2.45, 2.75) is 38.0 Å². The Bertz CT molecular complexity index is 1060. The number of rotatable bonds is 8. The second-order valence-corrected chi connectivity index (χ2v) is 10.1. The molecule has 184 valence electrons. The van der Waals surface area contributed by atoms with E-state index in [9.17, 15) is 14.4 Å². The van der Waals surface area contributed by atoms with E-state index in [0.717, 1.165) is 19.3 Å². The number of carboxylic acids is 1. The molecule has 5 rings (SSSR count). The highest BCUT2D eigenvalue weighted by Gasteiger charge is 2.43. The SMILES string of the molecule is O=C(NC[C@@H]1C[C@@H]1C(=O)NCC1CCC(C(=O)O)CC1)OCC1c2ccccc2-c2ccccc21. The molecule has 2 amide bonds. The molecule has 2 saturated carbocycles. The summed E-state index contributed by atoms with van der Waals surface area (Å²) in [5.41, 5.74) is 4.74. The highest BCUT2D eigenvalue weighted by Crippen LogP contribution is 2.44. The number of benzene rings is 2. The molecule has 35 heavy (non-hydrogen) atoms. The van der Waals surface area contributed by atoms with Crippen molar-refractivity contribution < 1.29 is 24.2 Å². The monoisotopic (exact) mass is 476 g/mol. The zero-order chi connectivity index (χ0) is 24.4. The predicted octanol–water partition coefficient (Wildman–Crippen LogP) is 4.17. The minimum absolute atomic E-state index is 0.0261. The van der Waals surface area contributed by atoms with E-state index in [0.29, 0.717) is 31.8 Å². The molecular weight excluding hydrogens is 444 g/mol. The maximum Gasteiger partial charge on any atom is 0.407 e. The van der Waals surface area contributed by atoms with Crippen molar-refractivity contribution in [2.75, 3.05) is 19.7 Å². The highest BCUT2D eigenvalue weighted by atomic mass is 16.5. The fourth-order valence-corrected chi connectivity index (χ4v) is 5.65. The normalized spacial score (nSPS) is 24.7. The van der Waals surface area contributed by atoms with E-state index in [4.69, 9.17) is 9.84 Å². The first-order valence-electron chi connectivity index (χ1n) is 12.6. The topological polar surface area (TPSA) is 105 Å². The standard InChI is InChI=1S/C28H32N2O5/c31-26(29-14-17-9-11-18(12-10-17)27(32)33)24-13-19(24)15-30-28(34)35-16-25-22-7-3-1-5-20(22)21-6-2-4-8-23(21)25/h1-8,17-19,24-25H,9-16H2,(H,29,31)(H,30,34)(H,32,33)/t17?,18?,19-,24-/m0/s1. The van der Waals surface area contributed by atoms with Gasteiger partial charge in [-0.15, -0.1) is 0 Å². The van der Waals surface area contributed by atoms with Gasteiger partial charge >= 0.3 is 12.1 Å². The summed E-state index contributed by atoms with van der Waals surface area (Å²) < 4.78 is 5.57. The third-order valence-electron chi connectivity index (χ3n) is 7.87. The Balaban J connectivity index is 1.02. The summed E-state index contributed by atoms with van der Waals surface area (Å²) in [6, 6.07) is 16.5. The molecule has 0 bridgehead atoms. The van der Waals surface area contributed by atoms with Gasteiger partial charge in [0.15, 0.2) is 0 Å². The molecule has 3 aliphatic carbocycles. The molecule has 0 aliphatic heterocycles. The first-order valence-corrected chi connectivity index (χ1v) is 12.6. The minimum Gasteiger partial charge on any atom is -0.481 e. The molecule has 7 nitrogen and oxygen atoms in total. The summed E-state index contributed by atoms with van der Waals surface area (Å²) in [5.74, 6) is -0.470. The average Bonchev–Trinajstić information content (AvgIpc) is 3.60.